The van der Waals surface area contributed by atoms with Crippen LogP contribution in [-0.4, -0.2) is 34.6 Å². The second-order valence-electron chi connectivity index (χ2n) is 4.34. The third kappa shape index (κ3) is 2.33. The molecule has 1 nitrogen and oxygen atoms in total. The SMILES string of the molecule is CCOC1C(C)(C)SSC1(C(F)(F)F)C(F)(F)F. The zero-order chi connectivity index (χ0) is 14.4. The second-order valence-corrected chi connectivity index (χ2v) is 7.37. The van der Waals surface area contributed by atoms with Crippen LogP contribution < -0.4 is 0 Å². The van der Waals surface area contributed by atoms with Crippen molar-refractivity contribution in [2.75, 3.05) is 6.61 Å². The topological polar surface area (TPSA) is 9.23 Å². The van der Waals surface area contributed by atoms with E-state index in [1.54, 1.807) is 0 Å². The lowest BCUT2D eigenvalue weighted by atomic mass is 9.90. The van der Waals surface area contributed by atoms with Gasteiger partial charge in [0.15, 0.2) is 0 Å². The Morgan fingerprint density at radius 1 is 1.00 bits per heavy atom. The molecule has 1 atom stereocenters. The van der Waals surface area contributed by atoms with Crippen LogP contribution in [0.3, 0.4) is 0 Å². The molecule has 0 amide bonds. The van der Waals surface area contributed by atoms with Crippen LogP contribution in [0.2, 0.25) is 0 Å². The Labute approximate surface area is 108 Å². The number of hydrogen-bond acceptors (Lipinski definition) is 3. The standard InChI is InChI=1S/C9H12F6OS2/c1-4-16-5-6(2,3)17-18-7(5,8(10,11)12)9(13,14)15/h5H,4H2,1-3H3. The van der Waals surface area contributed by atoms with E-state index in [0.29, 0.717) is 10.8 Å². The molecule has 1 aliphatic heterocycles. The molecule has 1 heterocycles. The van der Waals surface area contributed by atoms with Crippen LogP contribution in [0.5, 0.6) is 0 Å². The molecule has 0 aliphatic carbocycles. The zero-order valence-electron chi connectivity index (χ0n) is 9.78. The molecule has 1 unspecified atom stereocenters. The average Bonchev–Trinajstić information content (AvgIpc) is 2.38. The van der Waals surface area contributed by atoms with Gasteiger partial charge in [-0.2, -0.15) is 26.3 Å². The molecule has 0 aromatic rings. The van der Waals surface area contributed by atoms with Crippen molar-refractivity contribution in [1.29, 1.82) is 0 Å². The number of rotatable bonds is 2. The maximum absolute atomic E-state index is 13.0. The van der Waals surface area contributed by atoms with Crippen LogP contribution in [-0.2, 0) is 4.74 Å². The molecule has 108 valence electrons. The summed E-state index contributed by atoms with van der Waals surface area (Å²) in [6.07, 6.45) is -12.8. The minimum absolute atomic E-state index is 0.200. The molecule has 1 saturated heterocycles. The second kappa shape index (κ2) is 4.66. The molecule has 0 spiro atoms. The van der Waals surface area contributed by atoms with E-state index < -0.39 is 28.0 Å². The van der Waals surface area contributed by atoms with Crippen LogP contribution in [0.15, 0.2) is 0 Å². The van der Waals surface area contributed by atoms with Crippen molar-refractivity contribution in [3.05, 3.63) is 0 Å². The van der Waals surface area contributed by atoms with E-state index in [0.717, 1.165) is 0 Å². The highest BCUT2D eigenvalue weighted by Gasteiger charge is 2.80. The van der Waals surface area contributed by atoms with Crippen molar-refractivity contribution in [3.63, 3.8) is 0 Å². The van der Waals surface area contributed by atoms with E-state index in [1.807, 2.05) is 0 Å². The molecule has 1 rings (SSSR count). The first-order valence-electron chi connectivity index (χ1n) is 5.02. The molecule has 1 fully saturated rings. The molecule has 0 aromatic heterocycles. The number of hydrogen-bond donors (Lipinski definition) is 0. The minimum Gasteiger partial charge on any atom is -0.375 e. The van der Waals surface area contributed by atoms with E-state index in [1.165, 1.54) is 20.8 Å². The van der Waals surface area contributed by atoms with Gasteiger partial charge < -0.3 is 4.74 Å². The quantitative estimate of drug-likeness (QED) is 0.551. The highest BCUT2D eigenvalue weighted by Crippen LogP contribution is 2.68. The van der Waals surface area contributed by atoms with E-state index in [9.17, 15) is 26.3 Å². The van der Waals surface area contributed by atoms with Gasteiger partial charge in [-0.15, -0.1) is 0 Å². The Morgan fingerprint density at radius 3 is 1.78 bits per heavy atom. The van der Waals surface area contributed by atoms with Gasteiger partial charge in [0.2, 0.25) is 4.75 Å². The van der Waals surface area contributed by atoms with Crippen LogP contribution in [0, 0.1) is 0 Å². The van der Waals surface area contributed by atoms with Crippen LogP contribution in [0.1, 0.15) is 20.8 Å². The van der Waals surface area contributed by atoms with Crippen molar-refractivity contribution < 1.29 is 31.1 Å². The van der Waals surface area contributed by atoms with Gasteiger partial charge in [-0.05, 0) is 20.8 Å². The summed E-state index contributed by atoms with van der Waals surface area (Å²) in [5.74, 6) is 0. The average molecular weight is 314 g/mol. The minimum atomic E-state index is -5.42. The summed E-state index contributed by atoms with van der Waals surface area (Å²) in [7, 11) is 0.360. The smallest absolute Gasteiger partial charge is 0.375 e. The van der Waals surface area contributed by atoms with Crippen molar-refractivity contribution in [2.45, 2.75) is 48.7 Å². The monoisotopic (exact) mass is 314 g/mol. The first-order chi connectivity index (χ1) is 7.90. The lowest BCUT2D eigenvalue weighted by Gasteiger charge is -2.39. The largest absolute Gasteiger partial charge is 0.415 e. The fourth-order valence-corrected chi connectivity index (χ4v) is 5.31. The molecule has 9 heteroatoms. The summed E-state index contributed by atoms with van der Waals surface area (Å²) in [5, 5.41) is 0. The molecule has 1 aliphatic rings. The number of halogens is 6. The van der Waals surface area contributed by atoms with Gasteiger partial charge in [-0.3, -0.25) is 0 Å². The number of ether oxygens (including phenoxy) is 1. The summed E-state index contributed by atoms with van der Waals surface area (Å²) in [6, 6.07) is 0. The van der Waals surface area contributed by atoms with Gasteiger partial charge in [0.1, 0.15) is 6.10 Å². The van der Waals surface area contributed by atoms with Gasteiger partial charge >= 0.3 is 12.4 Å². The summed E-state index contributed by atoms with van der Waals surface area (Å²) in [5.41, 5.74) is 0. The van der Waals surface area contributed by atoms with E-state index in [-0.39, 0.29) is 17.4 Å². The molecule has 0 aromatic carbocycles. The van der Waals surface area contributed by atoms with Crippen molar-refractivity contribution >= 4 is 21.6 Å². The fraction of sp³-hybridized carbons (Fsp3) is 1.00. The van der Waals surface area contributed by atoms with E-state index in [2.05, 4.69) is 0 Å². The lowest BCUT2D eigenvalue weighted by Crippen LogP contribution is -2.63. The van der Waals surface area contributed by atoms with Crippen LogP contribution >= 0.6 is 21.6 Å². The fourth-order valence-electron chi connectivity index (χ4n) is 1.79. The maximum Gasteiger partial charge on any atom is 0.415 e. The summed E-state index contributed by atoms with van der Waals surface area (Å²) in [4.78, 5) is 0. The molecular formula is C9H12F6OS2. The lowest BCUT2D eigenvalue weighted by molar-refractivity contribution is -0.290. The molecule has 0 saturated carbocycles. The first kappa shape index (κ1) is 16.3. The van der Waals surface area contributed by atoms with Gasteiger partial charge in [0.05, 0.1) is 0 Å². The summed E-state index contributed by atoms with van der Waals surface area (Å²) >= 11 is 0. The van der Waals surface area contributed by atoms with Crippen LogP contribution in [0.4, 0.5) is 26.3 Å². The molecule has 0 bridgehead atoms. The normalized spacial score (nSPS) is 27.5. The molecular weight excluding hydrogens is 302 g/mol. The van der Waals surface area contributed by atoms with Crippen molar-refractivity contribution in [1.82, 2.24) is 0 Å². The Hall–Kier alpha value is 0.240. The molecule has 0 radical (unpaired) electrons. The van der Waals surface area contributed by atoms with Gasteiger partial charge in [0.25, 0.3) is 0 Å². The first-order valence-corrected chi connectivity index (χ1v) is 7.17. The Kier molecular flexibility index (Phi) is 4.22. The van der Waals surface area contributed by atoms with Crippen molar-refractivity contribution in [3.8, 4) is 0 Å². The third-order valence-corrected chi connectivity index (χ3v) is 6.56. The van der Waals surface area contributed by atoms with E-state index in [4.69, 9.17) is 4.74 Å². The predicted octanol–water partition coefficient (Wildman–Crippen LogP) is 4.43. The highest BCUT2D eigenvalue weighted by molar-refractivity contribution is 8.78. The van der Waals surface area contributed by atoms with E-state index >= 15 is 0 Å². The Balaban J connectivity index is 3.36. The van der Waals surface area contributed by atoms with Crippen molar-refractivity contribution in [2.24, 2.45) is 0 Å². The summed E-state index contributed by atoms with van der Waals surface area (Å²) in [6.45, 7) is 3.82. The van der Waals surface area contributed by atoms with Crippen LogP contribution in [0.25, 0.3) is 0 Å². The highest BCUT2D eigenvalue weighted by atomic mass is 33.1. The van der Waals surface area contributed by atoms with Gasteiger partial charge in [-0.25, -0.2) is 0 Å². The molecule has 18 heavy (non-hydrogen) atoms. The Bertz CT molecular complexity index is 297. The number of alkyl halides is 6. The third-order valence-electron chi connectivity index (χ3n) is 2.56. The molecule has 0 N–H and O–H groups in total. The predicted molar refractivity (Wildman–Crippen MR) is 59.5 cm³/mol. The maximum atomic E-state index is 13.0. The van der Waals surface area contributed by atoms with Gasteiger partial charge in [0, 0.05) is 11.4 Å². The zero-order valence-corrected chi connectivity index (χ0v) is 11.4. The van der Waals surface area contributed by atoms with Gasteiger partial charge in [-0.1, -0.05) is 21.6 Å². The Morgan fingerprint density at radius 2 is 1.44 bits per heavy atom. The summed E-state index contributed by atoms with van der Waals surface area (Å²) < 4.78 is 77.6.